The summed E-state index contributed by atoms with van der Waals surface area (Å²) in [6.07, 6.45) is -0.139. The highest BCUT2D eigenvalue weighted by molar-refractivity contribution is 7.89. The second kappa shape index (κ2) is 5.51. The number of aryl methyl sites for hydroxylation is 1. The molecule has 0 saturated carbocycles. The summed E-state index contributed by atoms with van der Waals surface area (Å²) < 4.78 is 31.8. The van der Waals surface area contributed by atoms with E-state index in [0.29, 0.717) is 25.3 Å². The molecule has 2 N–H and O–H groups in total. The van der Waals surface area contributed by atoms with Gasteiger partial charge in [0.15, 0.2) is 0 Å². The average molecular weight is 298 g/mol. The molecule has 110 valence electrons. The predicted molar refractivity (Wildman–Crippen MR) is 73.9 cm³/mol. The molecule has 1 saturated heterocycles. The molecule has 0 aliphatic carbocycles. The lowest BCUT2D eigenvalue weighted by Crippen LogP contribution is -2.44. The summed E-state index contributed by atoms with van der Waals surface area (Å²) in [6.45, 7) is 4.53. The third-order valence-corrected chi connectivity index (χ3v) is 5.18. The molecule has 0 unspecified atom stereocenters. The van der Waals surface area contributed by atoms with E-state index in [9.17, 15) is 13.2 Å². The standard InChI is InChI=1S/C13H18N2O4S/c1-9-3-4-11(7-12(9)13(14)16)20(17,18)15-5-6-19-10(2)8-15/h3-4,7,10H,5-6,8H2,1-2H3,(H2,14,16)/t10-/m1/s1. The number of benzene rings is 1. The Morgan fingerprint density at radius 2 is 2.15 bits per heavy atom. The molecule has 20 heavy (non-hydrogen) atoms. The van der Waals surface area contributed by atoms with Gasteiger partial charge < -0.3 is 10.5 Å². The SMILES string of the molecule is Cc1ccc(S(=O)(=O)N2CCO[C@H](C)C2)cc1C(N)=O. The lowest BCUT2D eigenvalue weighted by atomic mass is 10.1. The molecule has 2 rings (SSSR count). The third kappa shape index (κ3) is 2.84. The van der Waals surface area contributed by atoms with Crippen LogP contribution in [0.1, 0.15) is 22.8 Å². The number of primary amides is 1. The fourth-order valence-electron chi connectivity index (χ4n) is 2.18. The van der Waals surface area contributed by atoms with Crippen molar-refractivity contribution < 1.29 is 17.9 Å². The maximum atomic E-state index is 12.5. The maximum Gasteiger partial charge on any atom is 0.249 e. The lowest BCUT2D eigenvalue weighted by molar-refractivity contribution is 0.0102. The van der Waals surface area contributed by atoms with Crippen LogP contribution in [0.4, 0.5) is 0 Å². The van der Waals surface area contributed by atoms with Crippen LogP contribution in [0, 0.1) is 6.92 Å². The van der Waals surface area contributed by atoms with Crippen LogP contribution in [0.5, 0.6) is 0 Å². The topological polar surface area (TPSA) is 89.7 Å². The number of morpholine rings is 1. The Labute approximate surface area is 118 Å². The van der Waals surface area contributed by atoms with Crippen LogP contribution in [0.25, 0.3) is 0 Å². The fraction of sp³-hybridized carbons (Fsp3) is 0.462. The summed E-state index contributed by atoms with van der Waals surface area (Å²) in [5, 5.41) is 0. The molecule has 1 aromatic carbocycles. The number of carbonyl (C=O) groups excluding carboxylic acids is 1. The molecule has 1 aromatic rings. The van der Waals surface area contributed by atoms with E-state index in [4.69, 9.17) is 10.5 Å². The summed E-state index contributed by atoms with van der Waals surface area (Å²) >= 11 is 0. The number of hydrogen-bond acceptors (Lipinski definition) is 4. The second-order valence-corrected chi connectivity index (χ2v) is 6.82. The molecule has 0 spiro atoms. The van der Waals surface area contributed by atoms with Gasteiger partial charge >= 0.3 is 0 Å². The summed E-state index contributed by atoms with van der Waals surface area (Å²) in [5.41, 5.74) is 6.15. The summed E-state index contributed by atoms with van der Waals surface area (Å²) in [5.74, 6) is -0.630. The first kappa shape index (κ1) is 15.0. The van der Waals surface area contributed by atoms with Gasteiger partial charge in [-0.15, -0.1) is 0 Å². The highest BCUT2D eigenvalue weighted by Crippen LogP contribution is 2.21. The van der Waals surface area contributed by atoms with Gasteiger partial charge in [-0.25, -0.2) is 8.42 Å². The highest BCUT2D eigenvalue weighted by Gasteiger charge is 2.29. The van der Waals surface area contributed by atoms with Crippen molar-refractivity contribution in [3.8, 4) is 0 Å². The van der Waals surface area contributed by atoms with Gasteiger partial charge in [0, 0.05) is 18.7 Å². The fourth-order valence-corrected chi connectivity index (χ4v) is 3.71. The van der Waals surface area contributed by atoms with Crippen molar-refractivity contribution in [3.63, 3.8) is 0 Å². The van der Waals surface area contributed by atoms with Gasteiger partial charge in [-0.3, -0.25) is 4.79 Å². The van der Waals surface area contributed by atoms with Gasteiger partial charge in [0.25, 0.3) is 0 Å². The molecule has 1 heterocycles. The molecule has 1 amide bonds. The van der Waals surface area contributed by atoms with E-state index >= 15 is 0 Å². The molecule has 7 heteroatoms. The van der Waals surface area contributed by atoms with Gasteiger partial charge in [-0.05, 0) is 31.5 Å². The van der Waals surface area contributed by atoms with Crippen LogP contribution in [-0.4, -0.2) is 44.4 Å². The summed E-state index contributed by atoms with van der Waals surface area (Å²) in [6, 6.07) is 4.43. The number of ether oxygens (including phenoxy) is 1. The molecule has 0 bridgehead atoms. The number of amides is 1. The number of rotatable bonds is 3. The van der Waals surface area contributed by atoms with Crippen molar-refractivity contribution in [1.29, 1.82) is 0 Å². The Balaban J connectivity index is 2.39. The van der Waals surface area contributed by atoms with Crippen LogP contribution in [-0.2, 0) is 14.8 Å². The average Bonchev–Trinajstić information content (AvgIpc) is 2.38. The summed E-state index contributed by atoms with van der Waals surface area (Å²) in [4.78, 5) is 11.4. The Kier molecular flexibility index (Phi) is 4.12. The number of sulfonamides is 1. The van der Waals surface area contributed by atoms with Crippen molar-refractivity contribution in [3.05, 3.63) is 29.3 Å². The molecule has 1 aliphatic heterocycles. The Morgan fingerprint density at radius 1 is 1.45 bits per heavy atom. The van der Waals surface area contributed by atoms with E-state index in [1.165, 1.54) is 16.4 Å². The van der Waals surface area contributed by atoms with Crippen LogP contribution in [0.15, 0.2) is 23.1 Å². The van der Waals surface area contributed by atoms with Gasteiger partial charge in [-0.2, -0.15) is 4.31 Å². The molecule has 1 aliphatic rings. The Hall–Kier alpha value is -1.44. The smallest absolute Gasteiger partial charge is 0.249 e. The minimum atomic E-state index is -3.62. The zero-order valence-corrected chi connectivity index (χ0v) is 12.3. The number of nitrogens with two attached hydrogens (primary N) is 1. The minimum Gasteiger partial charge on any atom is -0.376 e. The zero-order valence-electron chi connectivity index (χ0n) is 11.5. The Bertz CT molecular complexity index is 627. The first-order valence-corrected chi connectivity index (χ1v) is 7.78. The largest absolute Gasteiger partial charge is 0.376 e. The lowest BCUT2D eigenvalue weighted by Gasteiger charge is -2.30. The van der Waals surface area contributed by atoms with Crippen molar-refractivity contribution in [2.24, 2.45) is 5.73 Å². The first-order valence-electron chi connectivity index (χ1n) is 6.34. The second-order valence-electron chi connectivity index (χ2n) is 4.89. The highest BCUT2D eigenvalue weighted by atomic mass is 32.2. The summed E-state index contributed by atoms with van der Waals surface area (Å²) in [7, 11) is -3.62. The van der Waals surface area contributed by atoms with Crippen molar-refractivity contribution in [2.75, 3.05) is 19.7 Å². The molecular formula is C13H18N2O4S. The molecule has 1 atom stereocenters. The van der Waals surface area contributed by atoms with E-state index in [2.05, 4.69) is 0 Å². The van der Waals surface area contributed by atoms with Crippen molar-refractivity contribution in [1.82, 2.24) is 4.31 Å². The van der Waals surface area contributed by atoms with Crippen molar-refractivity contribution >= 4 is 15.9 Å². The monoisotopic (exact) mass is 298 g/mol. The third-order valence-electron chi connectivity index (χ3n) is 3.32. The molecule has 0 aromatic heterocycles. The molecule has 1 fully saturated rings. The predicted octanol–water partition coefficient (Wildman–Crippen LogP) is 0.503. The van der Waals surface area contributed by atoms with Crippen molar-refractivity contribution in [2.45, 2.75) is 24.8 Å². The van der Waals surface area contributed by atoms with Crippen LogP contribution in [0.2, 0.25) is 0 Å². The van der Waals surface area contributed by atoms with Gasteiger partial charge in [0.1, 0.15) is 0 Å². The number of carbonyl (C=O) groups is 1. The normalized spacial score (nSPS) is 20.8. The Morgan fingerprint density at radius 3 is 2.75 bits per heavy atom. The first-order chi connectivity index (χ1) is 9.32. The van der Waals surface area contributed by atoms with Crippen LogP contribution >= 0.6 is 0 Å². The van der Waals surface area contributed by atoms with Crippen LogP contribution < -0.4 is 5.73 Å². The van der Waals surface area contributed by atoms with E-state index in [-0.39, 0.29) is 16.6 Å². The number of nitrogens with zero attached hydrogens (tertiary/aromatic N) is 1. The molecule has 0 radical (unpaired) electrons. The molecule has 6 nitrogen and oxygen atoms in total. The zero-order chi connectivity index (χ0) is 14.9. The van der Waals surface area contributed by atoms with Gasteiger partial charge in [-0.1, -0.05) is 6.07 Å². The van der Waals surface area contributed by atoms with E-state index < -0.39 is 15.9 Å². The van der Waals surface area contributed by atoms with E-state index in [0.717, 1.165) is 0 Å². The maximum absolute atomic E-state index is 12.5. The van der Waals surface area contributed by atoms with Gasteiger partial charge in [0.05, 0.1) is 17.6 Å². The molecular weight excluding hydrogens is 280 g/mol. The van der Waals surface area contributed by atoms with Crippen LogP contribution in [0.3, 0.4) is 0 Å². The minimum absolute atomic E-state index is 0.0889. The number of hydrogen-bond donors (Lipinski definition) is 1. The van der Waals surface area contributed by atoms with Gasteiger partial charge in [0.2, 0.25) is 15.9 Å². The van der Waals surface area contributed by atoms with E-state index in [1.54, 1.807) is 13.0 Å². The quantitative estimate of drug-likeness (QED) is 0.880. The van der Waals surface area contributed by atoms with E-state index in [1.807, 2.05) is 6.92 Å².